The summed E-state index contributed by atoms with van der Waals surface area (Å²) in [6, 6.07) is 7.48. The number of amidine groups is 1. The van der Waals surface area contributed by atoms with E-state index in [0.29, 0.717) is 29.3 Å². The van der Waals surface area contributed by atoms with Crippen LogP contribution in [-0.2, 0) is 0 Å². The van der Waals surface area contributed by atoms with Crippen LogP contribution < -0.4 is 8.80 Å². The van der Waals surface area contributed by atoms with Crippen LogP contribution in [0.15, 0.2) is 52.3 Å². The number of benzene rings is 1. The number of aliphatic imine (C=N–C) groups is 1. The number of hydrogen-bond donors (Lipinski definition) is 1. The molecule has 1 aliphatic carbocycles. The molecule has 1 amide bonds. The Kier molecular flexibility index (Phi) is 4.88. The summed E-state index contributed by atoms with van der Waals surface area (Å²) in [5.41, 5.74) is 8.35. The number of carbonyl (C=O) groups excluding carboxylic acids is 1. The summed E-state index contributed by atoms with van der Waals surface area (Å²) in [5.74, 6) is 0.891. The number of carbonyl (C=O) groups is 1. The second-order valence-corrected chi connectivity index (χ2v) is 12.2. The van der Waals surface area contributed by atoms with Crippen molar-refractivity contribution in [1.82, 2.24) is 3.11 Å². The Balaban J connectivity index is 1.48. The van der Waals surface area contributed by atoms with E-state index in [1.807, 2.05) is 27.4 Å². The van der Waals surface area contributed by atoms with Crippen LogP contribution in [0.4, 0.5) is 4.39 Å². The molecular formula is C22H25FIN3O2. The molecule has 5 rings (SSSR count). The molecule has 1 aromatic carbocycles. The monoisotopic (exact) mass is 509 g/mol. The van der Waals surface area contributed by atoms with Gasteiger partial charge in [0, 0.05) is 0 Å². The summed E-state index contributed by atoms with van der Waals surface area (Å²) in [5, 5.41) is 0. The third-order valence-electron chi connectivity index (χ3n) is 6.22. The Labute approximate surface area is 178 Å². The number of hydrogen-bond acceptors (Lipinski definition) is 4. The van der Waals surface area contributed by atoms with E-state index in [1.54, 1.807) is 6.08 Å². The fourth-order valence-corrected chi connectivity index (χ4v) is 10.1. The SMILES string of the molecule is NC1=NC2(CCCCC3=C1C(F)=CCC3)CCN1C(=O)c3ccccc3OI1C2. The number of rotatable bonds is 0. The van der Waals surface area contributed by atoms with E-state index >= 15 is 0 Å². The minimum absolute atomic E-state index is 0.0816. The molecule has 1 saturated heterocycles. The number of fused-ring (bicyclic) bond motifs is 2. The summed E-state index contributed by atoms with van der Waals surface area (Å²) in [6.45, 7) is 0.638. The van der Waals surface area contributed by atoms with Gasteiger partial charge in [0.15, 0.2) is 0 Å². The molecular weight excluding hydrogens is 484 g/mol. The zero-order chi connectivity index (χ0) is 20.0. The first-order valence-corrected chi connectivity index (χ1v) is 13.6. The third-order valence-corrected chi connectivity index (χ3v) is 11.5. The van der Waals surface area contributed by atoms with E-state index in [1.165, 1.54) is 0 Å². The quantitative estimate of drug-likeness (QED) is 0.308. The fourth-order valence-electron chi connectivity index (χ4n) is 4.71. The summed E-state index contributed by atoms with van der Waals surface area (Å²) in [6.07, 6.45) is 7.86. The molecule has 3 aliphatic heterocycles. The summed E-state index contributed by atoms with van der Waals surface area (Å²) < 4.78 is 23.7. The average molecular weight is 509 g/mol. The molecule has 5 nitrogen and oxygen atoms in total. The van der Waals surface area contributed by atoms with Crippen molar-refractivity contribution in [2.45, 2.75) is 50.5 Å². The molecule has 0 aromatic heterocycles. The van der Waals surface area contributed by atoms with Gasteiger partial charge < -0.3 is 0 Å². The molecule has 0 saturated carbocycles. The fraction of sp³-hybridized carbons (Fsp3) is 0.455. The van der Waals surface area contributed by atoms with Crippen molar-refractivity contribution in [1.29, 1.82) is 0 Å². The van der Waals surface area contributed by atoms with Gasteiger partial charge in [0.25, 0.3) is 0 Å². The number of amides is 1. The van der Waals surface area contributed by atoms with Gasteiger partial charge in [-0.3, -0.25) is 0 Å². The maximum absolute atomic E-state index is 14.6. The summed E-state index contributed by atoms with van der Waals surface area (Å²) >= 11 is -2.21. The zero-order valence-electron chi connectivity index (χ0n) is 16.3. The van der Waals surface area contributed by atoms with E-state index < -0.39 is 20.5 Å². The van der Waals surface area contributed by atoms with E-state index in [9.17, 15) is 9.18 Å². The summed E-state index contributed by atoms with van der Waals surface area (Å²) in [4.78, 5) is 17.9. The van der Waals surface area contributed by atoms with Crippen molar-refractivity contribution in [2.24, 2.45) is 10.7 Å². The molecule has 2 N–H and O–H groups in total. The van der Waals surface area contributed by atoms with Crippen LogP contribution in [-0.4, -0.2) is 31.4 Å². The molecule has 1 atom stereocenters. The molecule has 154 valence electrons. The van der Waals surface area contributed by atoms with Crippen LogP contribution in [0.3, 0.4) is 0 Å². The van der Waals surface area contributed by atoms with E-state index in [2.05, 4.69) is 0 Å². The maximum atomic E-state index is 14.6. The molecule has 7 heteroatoms. The van der Waals surface area contributed by atoms with Crippen molar-refractivity contribution in [3.8, 4) is 5.75 Å². The van der Waals surface area contributed by atoms with E-state index in [0.717, 1.165) is 54.9 Å². The van der Waals surface area contributed by atoms with Crippen LogP contribution in [0.5, 0.6) is 5.75 Å². The Bertz CT molecular complexity index is 957. The Morgan fingerprint density at radius 3 is 2.97 bits per heavy atom. The molecule has 1 unspecified atom stereocenters. The molecule has 0 bridgehead atoms. The molecule has 1 spiro atoms. The van der Waals surface area contributed by atoms with Crippen LogP contribution in [0, 0.1) is 0 Å². The number of allylic oxidation sites excluding steroid dienone is 2. The molecule has 1 fully saturated rings. The number of halogens is 2. The van der Waals surface area contributed by atoms with Gasteiger partial charge in [-0.25, -0.2) is 0 Å². The number of nitrogens with zero attached hydrogens (tertiary/aromatic N) is 2. The van der Waals surface area contributed by atoms with Gasteiger partial charge in [0.05, 0.1) is 0 Å². The van der Waals surface area contributed by atoms with Crippen molar-refractivity contribution < 1.29 is 12.3 Å². The van der Waals surface area contributed by atoms with E-state index in [-0.39, 0.29) is 17.3 Å². The van der Waals surface area contributed by atoms with Gasteiger partial charge in [-0.15, -0.1) is 0 Å². The summed E-state index contributed by atoms with van der Waals surface area (Å²) in [7, 11) is 0. The van der Waals surface area contributed by atoms with Crippen LogP contribution in [0.1, 0.15) is 55.3 Å². The third kappa shape index (κ3) is 3.37. The Morgan fingerprint density at radius 2 is 2.07 bits per heavy atom. The topological polar surface area (TPSA) is 67.9 Å². The van der Waals surface area contributed by atoms with Gasteiger partial charge >= 0.3 is 178 Å². The van der Waals surface area contributed by atoms with Gasteiger partial charge in [0.1, 0.15) is 0 Å². The Morgan fingerprint density at radius 1 is 1.21 bits per heavy atom. The molecule has 0 radical (unpaired) electrons. The predicted octanol–water partition coefficient (Wildman–Crippen LogP) is 4.88. The second kappa shape index (κ2) is 7.41. The average Bonchev–Trinajstić information content (AvgIpc) is 2.77. The van der Waals surface area contributed by atoms with Gasteiger partial charge in [-0.05, 0) is 0 Å². The van der Waals surface area contributed by atoms with Crippen LogP contribution in [0.25, 0.3) is 0 Å². The van der Waals surface area contributed by atoms with Crippen molar-refractivity contribution >= 4 is 32.3 Å². The standard InChI is InChI=1S/C22H25FIN3O2/c23-17-9-5-7-15-6-3-4-11-22(26-20(25)19(15)17)12-13-27-21(28)16-8-1-2-10-18(16)29-24(27)14-22/h1-2,8-10H,3-7,11-14H2,(H2,25,26). The first kappa shape index (κ1) is 19.1. The van der Waals surface area contributed by atoms with Gasteiger partial charge in [-0.2, -0.15) is 0 Å². The second-order valence-electron chi connectivity index (χ2n) is 8.14. The van der Waals surface area contributed by atoms with E-state index in [4.69, 9.17) is 13.8 Å². The van der Waals surface area contributed by atoms with Crippen molar-refractivity contribution in [3.05, 3.63) is 52.9 Å². The molecule has 1 aromatic rings. The van der Waals surface area contributed by atoms with Crippen LogP contribution >= 0.6 is 20.5 Å². The number of para-hydroxylation sites is 1. The molecule has 3 heterocycles. The normalized spacial score (nSPS) is 28.2. The van der Waals surface area contributed by atoms with Gasteiger partial charge in [0.2, 0.25) is 0 Å². The molecule has 4 aliphatic rings. The number of nitrogens with two attached hydrogens (primary N) is 1. The minimum atomic E-state index is -2.21. The predicted molar refractivity (Wildman–Crippen MR) is 120 cm³/mol. The van der Waals surface area contributed by atoms with Crippen LogP contribution in [0.2, 0.25) is 0 Å². The first-order chi connectivity index (χ1) is 14.1. The first-order valence-electron chi connectivity index (χ1n) is 10.3. The molecule has 29 heavy (non-hydrogen) atoms. The van der Waals surface area contributed by atoms with Gasteiger partial charge in [-0.1, -0.05) is 0 Å². The van der Waals surface area contributed by atoms with Crippen molar-refractivity contribution in [2.75, 3.05) is 11.0 Å². The zero-order valence-corrected chi connectivity index (χ0v) is 18.5. The van der Waals surface area contributed by atoms with Crippen molar-refractivity contribution in [3.63, 3.8) is 0 Å². The number of alkyl halides is 1. The Hall–Kier alpha value is -1.90.